The fraction of sp³-hybridized carbons (Fsp3) is 0.304. The Hall–Kier alpha value is -3.70. The first kappa shape index (κ1) is 21.8. The van der Waals surface area contributed by atoms with Gasteiger partial charge in [-0.2, -0.15) is 15.1 Å². The molecule has 1 fully saturated rings. The van der Waals surface area contributed by atoms with E-state index in [2.05, 4.69) is 37.2 Å². The van der Waals surface area contributed by atoms with Crippen LogP contribution < -0.4 is 20.7 Å². The van der Waals surface area contributed by atoms with E-state index in [-0.39, 0.29) is 23.9 Å². The number of piperidine rings is 1. The Kier molecular flexibility index (Phi) is 5.11. The predicted molar refractivity (Wildman–Crippen MR) is 133 cm³/mol. The van der Waals surface area contributed by atoms with Crippen molar-refractivity contribution in [2.45, 2.75) is 31.8 Å². The maximum absolute atomic E-state index is 14.5. The number of halogens is 2. The quantitative estimate of drug-likeness (QED) is 0.340. The molecule has 6 rings (SSSR count). The van der Waals surface area contributed by atoms with Gasteiger partial charge in [-0.25, -0.2) is 13.9 Å². The van der Waals surface area contributed by atoms with Crippen LogP contribution in [0, 0.1) is 5.82 Å². The van der Waals surface area contributed by atoms with E-state index in [9.17, 15) is 4.39 Å². The van der Waals surface area contributed by atoms with Crippen molar-refractivity contribution in [1.29, 1.82) is 0 Å². The summed E-state index contributed by atoms with van der Waals surface area (Å²) < 4.78 is 22.1. The van der Waals surface area contributed by atoms with Gasteiger partial charge in [0.05, 0.1) is 35.2 Å². The summed E-state index contributed by atoms with van der Waals surface area (Å²) in [5.41, 5.74) is 8.65. The first-order valence-electron chi connectivity index (χ1n) is 11.3. The minimum atomic E-state index is -0.347. The largest absolute Gasteiger partial charge is 0.421 e. The fourth-order valence-electron chi connectivity index (χ4n) is 4.79. The highest BCUT2D eigenvalue weighted by atomic mass is 35.5. The van der Waals surface area contributed by atoms with Crippen LogP contribution in [0.2, 0.25) is 5.02 Å². The lowest BCUT2D eigenvalue weighted by atomic mass is 9.98. The minimum absolute atomic E-state index is 0.129. The van der Waals surface area contributed by atoms with Crippen molar-refractivity contribution in [3.63, 3.8) is 0 Å². The van der Waals surface area contributed by atoms with Crippen LogP contribution in [0.25, 0.3) is 27.6 Å². The number of anilines is 2. The van der Waals surface area contributed by atoms with Crippen molar-refractivity contribution < 1.29 is 9.13 Å². The van der Waals surface area contributed by atoms with Crippen LogP contribution in [-0.2, 0) is 0 Å². The Labute approximate surface area is 204 Å². The number of aromatic nitrogens is 6. The smallest absolute Gasteiger partial charge is 0.326 e. The van der Waals surface area contributed by atoms with E-state index in [0.29, 0.717) is 45.5 Å². The number of aromatic amines is 1. The summed E-state index contributed by atoms with van der Waals surface area (Å²) in [5.74, 6) is 0.717. The number of nitrogens with zero attached hydrogens (tertiary/aromatic N) is 6. The zero-order valence-corrected chi connectivity index (χ0v) is 19.8. The average molecular weight is 496 g/mol. The number of nitrogens with one attached hydrogen (secondary N) is 2. The zero-order chi connectivity index (χ0) is 24.3. The molecule has 1 saturated heterocycles. The van der Waals surface area contributed by atoms with Crippen LogP contribution in [0.3, 0.4) is 0 Å². The lowest BCUT2D eigenvalue weighted by Gasteiger charge is -2.37. The van der Waals surface area contributed by atoms with E-state index in [4.69, 9.17) is 27.1 Å². The van der Waals surface area contributed by atoms with E-state index in [1.54, 1.807) is 19.4 Å². The Bertz CT molecular complexity index is 1580. The third kappa shape index (κ3) is 3.67. The van der Waals surface area contributed by atoms with E-state index < -0.39 is 0 Å². The summed E-state index contributed by atoms with van der Waals surface area (Å²) in [5, 5.41) is 9.09. The van der Waals surface area contributed by atoms with Crippen LogP contribution in [0.5, 0.6) is 11.8 Å². The molecule has 1 aliphatic heterocycles. The molecule has 1 unspecified atom stereocenters. The second-order valence-corrected chi connectivity index (χ2v) is 9.19. The number of fused-ring (bicyclic) bond motifs is 4. The maximum Gasteiger partial charge on any atom is 0.326 e. The van der Waals surface area contributed by atoms with E-state index in [1.165, 1.54) is 22.8 Å². The Morgan fingerprint density at radius 3 is 2.94 bits per heavy atom. The number of hydrogen-bond donors (Lipinski definition) is 3. The number of hydrogen-bond acceptors (Lipinski definition) is 8. The van der Waals surface area contributed by atoms with Crippen LogP contribution in [0.4, 0.5) is 15.9 Å². The molecule has 0 amide bonds. The molecule has 1 aromatic carbocycles. The molecule has 180 valence electrons. The van der Waals surface area contributed by atoms with Crippen LogP contribution in [-0.4, -0.2) is 55.2 Å². The van der Waals surface area contributed by atoms with E-state index >= 15 is 0 Å². The van der Waals surface area contributed by atoms with Crippen molar-refractivity contribution in [3.05, 3.63) is 41.6 Å². The van der Waals surface area contributed by atoms with Crippen molar-refractivity contribution in [3.8, 4) is 11.8 Å². The van der Waals surface area contributed by atoms with Crippen LogP contribution in [0.1, 0.15) is 19.8 Å². The highest BCUT2D eigenvalue weighted by Gasteiger charge is 2.28. The van der Waals surface area contributed by atoms with Gasteiger partial charge in [0.2, 0.25) is 0 Å². The molecule has 35 heavy (non-hydrogen) atoms. The Morgan fingerprint density at radius 1 is 1.29 bits per heavy atom. The lowest BCUT2D eigenvalue weighted by molar-refractivity contribution is 0.418. The summed E-state index contributed by atoms with van der Waals surface area (Å²) in [6.45, 7) is 2.83. The molecule has 12 heteroatoms. The summed E-state index contributed by atoms with van der Waals surface area (Å²) >= 11 is 6.09. The van der Waals surface area contributed by atoms with Crippen molar-refractivity contribution >= 4 is 50.7 Å². The molecule has 1 aliphatic rings. The Balaban J connectivity index is 1.53. The van der Waals surface area contributed by atoms with Gasteiger partial charge in [0, 0.05) is 31.1 Å². The molecular formula is C23H23ClFN9O. The third-order valence-corrected chi connectivity index (χ3v) is 6.71. The molecule has 5 aromatic rings. The van der Waals surface area contributed by atoms with Gasteiger partial charge >= 0.3 is 6.01 Å². The van der Waals surface area contributed by atoms with Crippen LogP contribution in [0.15, 0.2) is 30.7 Å². The van der Waals surface area contributed by atoms with Gasteiger partial charge in [-0.05, 0) is 31.9 Å². The number of rotatable bonds is 4. The molecule has 0 radical (unpaired) electrons. The molecule has 4 aromatic heterocycles. The standard InChI is InChI=1S/C23H23ClFN9O/c1-11-5-13(26)3-4-33(11)22-18-15-6-12(25)7-17(27-2)19(15)30-20(18)31-23(32-22)35-14-8-28-21-16(24)9-29-34(21)10-14/h6-11,13,27H,3-5,26H2,1-2H3,(H,30,31,32)/t11-,13?/m1/s1. The molecule has 4 N–H and O–H groups in total. The topological polar surface area (TPSA) is 122 Å². The van der Waals surface area contributed by atoms with Crippen molar-refractivity contribution in [2.75, 3.05) is 23.8 Å². The Morgan fingerprint density at radius 2 is 2.14 bits per heavy atom. The van der Waals surface area contributed by atoms with E-state index in [1.807, 2.05) is 0 Å². The molecule has 0 bridgehead atoms. The number of H-pyrrole nitrogens is 1. The first-order valence-corrected chi connectivity index (χ1v) is 11.7. The van der Waals surface area contributed by atoms with Crippen LogP contribution >= 0.6 is 11.6 Å². The van der Waals surface area contributed by atoms with E-state index in [0.717, 1.165) is 23.7 Å². The molecular weight excluding hydrogens is 473 g/mol. The van der Waals surface area contributed by atoms with Gasteiger partial charge in [0.1, 0.15) is 22.3 Å². The lowest BCUT2D eigenvalue weighted by Crippen LogP contribution is -2.46. The summed E-state index contributed by atoms with van der Waals surface area (Å²) in [6, 6.07) is 3.34. The number of ether oxygens (including phenoxy) is 1. The summed E-state index contributed by atoms with van der Waals surface area (Å²) in [4.78, 5) is 19.2. The molecule has 2 atom stereocenters. The molecule has 5 heterocycles. The fourth-order valence-corrected chi connectivity index (χ4v) is 4.96. The highest BCUT2D eigenvalue weighted by molar-refractivity contribution is 6.33. The SMILES string of the molecule is CNc1cc(F)cc2c1[nH]c1nc(Oc3cnc4c(Cl)cnn4c3)nc(N3CCC(N)C[C@H]3C)c12. The second-order valence-electron chi connectivity index (χ2n) is 8.78. The number of benzene rings is 1. The molecule has 0 aliphatic carbocycles. The molecule has 10 nitrogen and oxygen atoms in total. The summed E-state index contributed by atoms with van der Waals surface area (Å²) in [7, 11) is 1.75. The van der Waals surface area contributed by atoms with Gasteiger partial charge in [0.25, 0.3) is 0 Å². The van der Waals surface area contributed by atoms with Gasteiger partial charge in [0.15, 0.2) is 11.4 Å². The average Bonchev–Trinajstić information content (AvgIpc) is 3.38. The normalized spacial score (nSPS) is 18.6. The zero-order valence-electron chi connectivity index (χ0n) is 19.1. The predicted octanol–water partition coefficient (Wildman–Crippen LogP) is 4.10. The third-order valence-electron chi connectivity index (χ3n) is 6.44. The highest BCUT2D eigenvalue weighted by Crippen LogP contribution is 2.38. The molecule has 0 spiro atoms. The first-order chi connectivity index (χ1) is 16.9. The monoisotopic (exact) mass is 495 g/mol. The minimum Gasteiger partial charge on any atom is -0.421 e. The van der Waals surface area contributed by atoms with Gasteiger partial charge in [-0.3, -0.25) is 0 Å². The second kappa shape index (κ2) is 8.21. The van der Waals surface area contributed by atoms with Gasteiger partial charge in [-0.15, -0.1) is 0 Å². The van der Waals surface area contributed by atoms with Crippen molar-refractivity contribution in [2.24, 2.45) is 5.73 Å². The maximum atomic E-state index is 14.5. The van der Waals surface area contributed by atoms with Gasteiger partial charge < -0.3 is 25.7 Å². The summed E-state index contributed by atoms with van der Waals surface area (Å²) in [6.07, 6.45) is 6.35. The number of nitrogens with two attached hydrogens (primary N) is 1. The molecule has 0 saturated carbocycles. The van der Waals surface area contributed by atoms with Gasteiger partial charge in [-0.1, -0.05) is 11.6 Å². The van der Waals surface area contributed by atoms with Crippen molar-refractivity contribution in [1.82, 2.24) is 29.5 Å².